The van der Waals surface area contributed by atoms with E-state index in [4.69, 9.17) is 4.74 Å². The van der Waals surface area contributed by atoms with Crippen molar-refractivity contribution in [2.45, 2.75) is 11.3 Å². The molecule has 0 radical (unpaired) electrons. The Hall–Kier alpha value is -1.22. The molecule has 0 heterocycles. The molecule has 0 atom stereocenters. The first-order valence-corrected chi connectivity index (χ1v) is 5.03. The van der Waals surface area contributed by atoms with Crippen molar-refractivity contribution in [3.05, 3.63) is 36.9 Å². The Morgan fingerprint density at radius 3 is 2.64 bits per heavy atom. The summed E-state index contributed by atoms with van der Waals surface area (Å²) < 4.78 is 5.01. The maximum atomic E-state index is 11.2. The number of allylic oxidation sites excluding steroid dienone is 1. The van der Waals surface area contributed by atoms with Crippen molar-refractivity contribution in [3.8, 4) is 5.75 Å². The highest BCUT2D eigenvalue weighted by Crippen LogP contribution is 2.22. The van der Waals surface area contributed by atoms with Gasteiger partial charge in [-0.3, -0.25) is 4.79 Å². The Morgan fingerprint density at radius 2 is 2.14 bits per heavy atom. The van der Waals surface area contributed by atoms with Crippen molar-refractivity contribution in [1.29, 1.82) is 0 Å². The van der Waals surface area contributed by atoms with Gasteiger partial charge >= 0.3 is 0 Å². The van der Waals surface area contributed by atoms with Crippen LogP contribution in [0.25, 0.3) is 0 Å². The fourth-order valence-corrected chi connectivity index (χ4v) is 1.67. The number of rotatable bonds is 4. The van der Waals surface area contributed by atoms with Gasteiger partial charge in [0.15, 0.2) is 5.12 Å². The molecule has 0 aliphatic carbocycles. The molecule has 0 saturated carbocycles. The van der Waals surface area contributed by atoms with Crippen molar-refractivity contribution in [2.75, 3.05) is 7.11 Å². The third-order valence-corrected chi connectivity index (χ3v) is 2.50. The Labute approximate surface area is 88.0 Å². The molecule has 0 N–H and O–H groups in total. The van der Waals surface area contributed by atoms with Gasteiger partial charge in [-0.2, -0.15) is 0 Å². The van der Waals surface area contributed by atoms with Gasteiger partial charge in [-0.1, -0.05) is 17.8 Å². The van der Waals surface area contributed by atoms with Crippen molar-refractivity contribution in [1.82, 2.24) is 0 Å². The van der Waals surface area contributed by atoms with Crippen LogP contribution in [0.4, 0.5) is 0 Å². The van der Waals surface area contributed by atoms with Crippen LogP contribution in [0, 0.1) is 0 Å². The zero-order chi connectivity index (χ0) is 10.4. The normalized spacial score (nSPS) is 9.50. The van der Waals surface area contributed by atoms with Gasteiger partial charge in [0.25, 0.3) is 0 Å². The highest BCUT2D eigenvalue weighted by molar-refractivity contribution is 8.13. The predicted molar refractivity (Wildman–Crippen MR) is 58.7 cm³/mol. The minimum Gasteiger partial charge on any atom is -0.497 e. The number of carbonyl (C=O) groups excluding carboxylic acids is 1. The quantitative estimate of drug-likeness (QED) is 0.562. The number of methoxy groups -OCH3 is 1. The standard InChI is InChI=1S/C11H12O2S/c1-3-4-11(12)14-10-7-5-9(13-2)6-8-10/h3,5-8H,1,4H2,2H3. The summed E-state index contributed by atoms with van der Waals surface area (Å²) in [5, 5.41) is 0.102. The second kappa shape index (κ2) is 5.50. The lowest BCUT2D eigenvalue weighted by atomic mass is 10.3. The highest BCUT2D eigenvalue weighted by atomic mass is 32.2. The lowest BCUT2D eigenvalue weighted by Gasteiger charge is -2.01. The maximum absolute atomic E-state index is 11.2. The fourth-order valence-electron chi connectivity index (χ4n) is 0.935. The molecule has 0 amide bonds. The number of benzene rings is 1. The first-order valence-electron chi connectivity index (χ1n) is 4.22. The molecule has 14 heavy (non-hydrogen) atoms. The van der Waals surface area contributed by atoms with Gasteiger partial charge in [0.2, 0.25) is 0 Å². The van der Waals surface area contributed by atoms with Crippen LogP contribution in [0.1, 0.15) is 6.42 Å². The average molecular weight is 208 g/mol. The number of hydrogen-bond donors (Lipinski definition) is 0. The molecular weight excluding hydrogens is 196 g/mol. The van der Waals surface area contributed by atoms with E-state index in [2.05, 4.69) is 6.58 Å². The molecule has 1 aromatic rings. The van der Waals surface area contributed by atoms with E-state index in [-0.39, 0.29) is 5.12 Å². The average Bonchev–Trinajstić information content (AvgIpc) is 2.19. The van der Waals surface area contributed by atoms with Crippen LogP contribution in [0.2, 0.25) is 0 Å². The first-order chi connectivity index (χ1) is 6.76. The van der Waals surface area contributed by atoms with E-state index in [1.54, 1.807) is 13.2 Å². The van der Waals surface area contributed by atoms with Crippen LogP contribution in [-0.4, -0.2) is 12.2 Å². The summed E-state index contributed by atoms with van der Waals surface area (Å²) in [4.78, 5) is 12.2. The lowest BCUT2D eigenvalue weighted by molar-refractivity contribution is -0.110. The molecule has 0 fully saturated rings. The molecule has 74 valence electrons. The number of hydrogen-bond acceptors (Lipinski definition) is 3. The van der Waals surface area contributed by atoms with Crippen LogP contribution in [0.5, 0.6) is 5.75 Å². The number of carbonyl (C=O) groups is 1. The highest BCUT2D eigenvalue weighted by Gasteiger charge is 2.02. The maximum Gasteiger partial charge on any atom is 0.197 e. The Balaban J connectivity index is 2.59. The molecule has 1 aromatic carbocycles. The van der Waals surface area contributed by atoms with Crippen molar-refractivity contribution >= 4 is 16.9 Å². The van der Waals surface area contributed by atoms with Crippen LogP contribution >= 0.6 is 11.8 Å². The van der Waals surface area contributed by atoms with E-state index in [9.17, 15) is 4.79 Å². The van der Waals surface area contributed by atoms with Crippen molar-refractivity contribution in [2.24, 2.45) is 0 Å². The molecule has 0 aromatic heterocycles. The molecule has 3 heteroatoms. The van der Waals surface area contributed by atoms with Crippen LogP contribution in [0.3, 0.4) is 0 Å². The van der Waals surface area contributed by atoms with Gasteiger partial charge < -0.3 is 4.74 Å². The zero-order valence-electron chi connectivity index (χ0n) is 8.03. The zero-order valence-corrected chi connectivity index (χ0v) is 8.84. The minimum atomic E-state index is 0.102. The molecule has 0 saturated heterocycles. The molecule has 0 aliphatic rings. The largest absolute Gasteiger partial charge is 0.497 e. The first kappa shape index (κ1) is 10.9. The number of thioether (sulfide) groups is 1. The summed E-state index contributed by atoms with van der Waals surface area (Å²) in [6.07, 6.45) is 2.01. The Bertz CT molecular complexity index is 317. The van der Waals surface area contributed by atoms with Gasteiger partial charge in [0.1, 0.15) is 5.75 Å². The van der Waals surface area contributed by atoms with Crippen LogP contribution in [-0.2, 0) is 4.79 Å². The molecule has 0 bridgehead atoms. The molecular formula is C11H12O2S. The molecule has 0 spiro atoms. The molecule has 1 rings (SSSR count). The summed E-state index contributed by atoms with van der Waals surface area (Å²) in [6, 6.07) is 7.40. The lowest BCUT2D eigenvalue weighted by Crippen LogP contribution is -1.88. The topological polar surface area (TPSA) is 26.3 Å². The van der Waals surface area contributed by atoms with Gasteiger partial charge in [-0.15, -0.1) is 6.58 Å². The third-order valence-electron chi connectivity index (χ3n) is 1.60. The van der Waals surface area contributed by atoms with Gasteiger partial charge in [0, 0.05) is 11.3 Å². The van der Waals surface area contributed by atoms with Crippen molar-refractivity contribution in [3.63, 3.8) is 0 Å². The van der Waals surface area contributed by atoms with Gasteiger partial charge in [-0.25, -0.2) is 0 Å². The SMILES string of the molecule is C=CCC(=O)Sc1ccc(OC)cc1. The van der Waals surface area contributed by atoms with Crippen molar-refractivity contribution < 1.29 is 9.53 Å². The molecule has 0 unspecified atom stereocenters. The second-order valence-corrected chi connectivity index (χ2v) is 3.77. The molecule has 2 nitrogen and oxygen atoms in total. The summed E-state index contributed by atoms with van der Waals surface area (Å²) in [5.41, 5.74) is 0. The summed E-state index contributed by atoms with van der Waals surface area (Å²) >= 11 is 1.22. The van der Waals surface area contributed by atoms with Gasteiger partial charge in [0.05, 0.1) is 7.11 Å². The Morgan fingerprint density at radius 1 is 1.50 bits per heavy atom. The predicted octanol–water partition coefficient (Wildman–Crippen LogP) is 2.89. The smallest absolute Gasteiger partial charge is 0.197 e. The summed E-state index contributed by atoms with van der Waals surface area (Å²) in [6.45, 7) is 3.52. The van der Waals surface area contributed by atoms with Crippen LogP contribution in [0.15, 0.2) is 41.8 Å². The minimum absolute atomic E-state index is 0.102. The van der Waals surface area contributed by atoms with Gasteiger partial charge in [-0.05, 0) is 24.3 Å². The van der Waals surface area contributed by atoms with Crippen LogP contribution < -0.4 is 4.74 Å². The second-order valence-electron chi connectivity index (χ2n) is 2.64. The van der Waals surface area contributed by atoms with E-state index in [0.29, 0.717) is 6.42 Å². The summed E-state index contributed by atoms with van der Waals surface area (Å²) in [7, 11) is 1.62. The van der Waals surface area contributed by atoms with E-state index in [0.717, 1.165) is 10.6 Å². The fraction of sp³-hybridized carbons (Fsp3) is 0.182. The van der Waals surface area contributed by atoms with E-state index in [1.807, 2.05) is 24.3 Å². The van der Waals surface area contributed by atoms with E-state index >= 15 is 0 Å². The molecule has 0 aliphatic heterocycles. The summed E-state index contributed by atoms with van der Waals surface area (Å²) in [5.74, 6) is 0.797. The van der Waals surface area contributed by atoms with E-state index < -0.39 is 0 Å². The third kappa shape index (κ3) is 3.26. The monoisotopic (exact) mass is 208 g/mol. The Kier molecular flexibility index (Phi) is 4.26. The van der Waals surface area contributed by atoms with E-state index in [1.165, 1.54) is 11.8 Å². The number of ether oxygens (including phenoxy) is 1.